The topological polar surface area (TPSA) is 44.2 Å². The zero-order valence-electron chi connectivity index (χ0n) is 12.9. The molecular formula is C16H19ClN2O2. The van der Waals surface area contributed by atoms with E-state index in [1.165, 1.54) is 6.33 Å². The van der Waals surface area contributed by atoms with Gasteiger partial charge in [-0.15, -0.1) is 0 Å². The number of nitrogens with zero attached hydrogens (tertiary/aromatic N) is 2. The average molecular weight is 307 g/mol. The molecule has 112 valence electrons. The molecule has 0 radical (unpaired) electrons. The number of hydrogen-bond acceptors (Lipinski definition) is 4. The molecule has 0 aliphatic carbocycles. The molecule has 1 aromatic heterocycles. The zero-order chi connectivity index (χ0) is 15.6. The van der Waals surface area contributed by atoms with Gasteiger partial charge in [-0.25, -0.2) is 9.97 Å². The smallest absolute Gasteiger partial charge is 0.226 e. The third-order valence-corrected chi connectivity index (χ3v) is 3.56. The largest absolute Gasteiger partial charge is 0.497 e. The molecule has 0 amide bonds. The molecule has 5 heteroatoms. The maximum atomic E-state index is 6.01. The summed E-state index contributed by atoms with van der Waals surface area (Å²) in [5, 5.41) is 0.394. The molecule has 0 unspecified atom stereocenters. The van der Waals surface area contributed by atoms with Crippen LogP contribution in [0.3, 0.4) is 0 Å². The summed E-state index contributed by atoms with van der Waals surface area (Å²) in [6, 6.07) is 5.73. The molecule has 4 nitrogen and oxygen atoms in total. The molecule has 1 heterocycles. The molecule has 0 saturated heterocycles. The Balaban J connectivity index is 2.46. The van der Waals surface area contributed by atoms with E-state index in [1.807, 2.05) is 25.1 Å². The quantitative estimate of drug-likeness (QED) is 0.781. The van der Waals surface area contributed by atoms with Crippen LogP contribution in [0.25, 0.3) is 0 Å². The molecule has 0 atom stereocenters. The monoisotopic (exact) mass is 306 g/mol. The highest BCUT2D eigenvalue weighted by Crippen LogP contribution is 2.37. The fourth-order valence-electron chi connectivity index (χ4n) is 1.93. The van der Waals surface area contributed by atoms with Crippen LogP contribution < -0.4 is 9.47 Å². The van der Waals surface area contributed by atoms with Crippen molar-refractivity contribution in [2.24, 2.45) is 0 Å². The lowest BCUT2D eigenvalue weighted by atomic mass is 9.86. The molecule has 1 aromatic carbocycles. The third-order valence-electron chi connectivity index (χ3n) is 3.18. The van der Waals surface area contributed by atoms with Gasteiger partial charge >= 0.3 is 0 Å². The Morgan fingerprint density at radius 3 is 2.48 bits per heavy atom. The fraction of sp³-hybridized carbons (Fsp3) is 0.375. The fourth-order valence-corrected chi connectivity index (χ4v) is 2.06. The van der Waals surface area contributed by atoms with Gasteiger partial charge in [0.1, 0.15) is 23.0 Å². The van der Waals surface area contributed by atoms with E-state index in [9.17, 15) is 0 Å². The van der Waals surface area contributed by atoms with E-state index in [0.29, 0.717) is 11.0 Å². The molecule has 0 bridgehead atoms. The molecule has 0 fully saturated rings. The van der Waals surface area contributed by atoms with E-state index in [4.69, 9.17) is 21.1 Å². The lowest BCUT2D eigenvalue weighted by molar-refractivity contribution is 0.404. The minimum absolute atomic E-state index is 0.0887. The predicted molar refractivity (Wildman–Crippen MR) is 83.5 cm³/mol. The van der Waals surface area contributed by atoms with E-state index >= 15 is 0 Å². The second-order valence-corrected chi connectivity index (χ2v) is 6.17. The van der Waals surface area contributed by atoms with Crippen molar-refractivity contribution in [1.29, 1.82) is 0 Å². The molecule has 2 rings (SSSR count). The predicted octanol–water partition coefficient (Wildman–Crippen LogP) is 4.54. The second kappa shape index (κ2) is 5.90. The highest BCUT2D eigenvalue weighted by Gasteiger charge is 2.21. The van der Waals surface area contributed by atoms with E-state index < -0.39 is 0 Å². The number of halogens is 1. The minimum Gasteiger partial charge on any atom is -0.497 e. The van der Waals surface area contributed by atoms with Crippen LogP contribution in [-0.2, 0) is 5.41 Å². The Morgan fingerprint density at radius 1 is 1.14 bits per heavy atom. The van der Waals surface area contributed by atoms with Crippen molar-refractivity contribution in [2.45, 2.75) is 33.1 Å². The third kappa shape index (κ3) is 3.45. The average Bonchev–Trinajstić information content (AvgIpc) is 2.43. The maximum Gasteiger partial charge on any atom is 0.226 e. The summed E-state index contributed by atoms with van der Waals surface area (Å²) < 4.78 is 11.3. The maximum absolute atomic E-state index is 6.01. The number of ether oxygens (including phenoxy) is 2. The van der Waals surface area contributed by atoms with Crippen LogP contribution in [0.1, 0.15) is 31.9 Å². The standard InChI is InChI=1S/C16H19ClN2O2/c1-10-14(17)18-9-19-15(10)21-13-7-6-11(20-5)8-12(13)16(2,3)4/h6-9H,1-5H3. The van der Waals surface area contributed by atoms with Crippen molar-refractivity contribution in [3.8, 4) is 17.4 Å². The first-order valence-corrected chi connectivity index (χ1v) is 7.04. The van der Waals surface area contributed by atoms with Gasteiger partial charge in [-0.2, -0.15) is 0 Å². The Labute approximate surface area is 130 Å². The highest BCUT2D eigenvalue weighted by molar-refractivity contribution is 6.30. The van der Waals surface area contributed by atoms with Crippen molar-refractivity contribution < 1.29 is 9.47 Å². The van der Waals surface area contributed by atoms with Crippen molar-refractivity contribution in [3.05, 3.63) is 40.8 Å². The molecule has 0 spiro atoms. The van der Waals surface area contributed by atoms with Gasteiger partial charge in [-0.1, -0.05) is 32.4 Å². The van der Waals surface area contributed by atoms with Crippen LogP contribution in [0.2, 0.25) is 5.15 Å². The van der Waals surface area contributed by atoms with Crippen molar-refractivity contribution in [3.63, 3.8) is 0 Å². The first-order chi connectivity index (χ1) is 9.82. The van der Waals surface area contributed by atoms with E-state index in [1.54, 1.807) is 7.11 Å². The van der Waals surface area contributed by atoms with Crippen LogP contribution in [-0.4, -0.2) is 17.1 Å². The van der Waals surface area contributed by atoms with Crippen LogP contribution in [0.5, 0.6) is 17.4 Å². The zero-order valence-corrected chi connectivity index (χ0v) is 13.7. The van der Waals surface area contributed by atoms with Gasteiger partial charge in [0.15, 0.2) is 0 Å². The summed E-state index contributed by atoms with van der Waals surface area (Å²) in [4.78, 5) is 8.08. The second-order valence-electron chi connectivity index (χ2n) is 5.81. The number of methoxy groups -OCH3 is 1. The van der Waals surface area contributed by atoms with E-state index in [-0.39, 0.29) is 5.41 Å². The summed E-state index contributed by atoms with van der Waals surface area (Å²) in [6.07, 6.45) is 1.39. The highest BCUT2D eigenvalue weighted by atomic mass is 35.5. The van der Waals surface area contributed by atoms with Crippen molar-refractivity contribution in [2.75, 3.05) is 7.11 Å². The van der Waals surface area contributed by atoms with Gasteiger partial charge in [0.25, 0.3) is 0 Å². The Hall–Kier alpha value is -1.81. The van der Waals surface area contributed by atoms with Crippen LogP contribution in [0, 0.1) is 6.92 Å². The SMILES string of the molecule is COc1ccc(Oc2ncnc(Cl)c2C)c(C(C)(C)C)c1. The van der Waals surface area contributed by atoms with Crippen LogP contribution in [0.15, 0.2) is 24.5 Å². The van der Waals surface area contributed by atoms with Crippen LogP contribution in [0.4, 0.5) is 0 Å². The Morgan fingerprint density at radius 2 is 1.86 bits per heavy atom. The van der Waals surface area contributed by atoms with Crippen molar-refractivity contribution in [1.82, 2.24) is 9.97 Å². The van der Waals surface area contributed by atoms with E-state index in [2.05, 4.69) is 30.7 Å². The first kappa shape index (κ1) is 15.6. The summed E-state index contributed by atoms with van der Waals surface area (Å²) in [5.74, 6) is 2.00. The summed E-state index contributed by atoms with van der Waals surface area (Å²) in [5.41, 5.74) is 1.67. The molecule has 0 aliphatic heterocycles. The molecule has 0 saturated carbocycles. The lowest BCUT2D eigenvalue weighted by Gasteiger charge is -2.23. The molecule has 0 aliphatic rings. The number of benzene rings is 1. The molecular weight excluding hydrogens is 288 g/mol. The molecule has 21 heavy (non-hydrogen) atoms. The first-order valence-electron chi connectivity index (χ1n) is 6.66. The van der Waals surface area contributed by atoms with Gasteiger partial charge < -0.3 is 9.47 Å². The summed E-state index contributed by atoms with van der Waals surface area (Å²) >= 11 is 6.01. The number of hydrogen-bond donors (Lipinski definition) is 0. The summed E-state index contributed by atoms with van der Waals surface area (Å²) in [6.45, 7) is 8.19. The van der Waals surface area contributed by atoms with Gasteiger partial charge in [0, 0.05) is 11.1 Å². The van der Waals surface area contributed by atoms with Crippen molar-refractivity contribution >= 4 is 11.6 Å². The normalized spacial score (nSPS) is 11.3. The van der Waals surface area contributed by atoms with Crippen LogP contribution >= 0.6 is 11.6 Å². The van der Waals surface area contributed by atoms with Gasteiger partial charge in [0.2, 0.25) is 5.88 Å². The van der Waals surface area contributed by atoms with Gasteiger partial charge in [0.05, 0.1) is 7.11 Å². The summed E-state index contributed by atoms with van der Waals surface area (Å²) in [7, 11) is 1.65. The molecule has 2 aromatic rings. The molecule has 0 N–H and O–H groups in total. The number of rotatable bonds is 3. The minimum atomic E-state index is -0.0887. The number of aromatic nitrogens is 2. The Bertz CT molecular complexity index is 651. The Kier molecular flexibility index (Phi) is 4.37. The lowest BCUT2D eigenvalue weighted by Crippen LogP contribution is -2.13. The van der Waals surface area contributed by atoms with Gasteiger partial charge in [-0.3, -0.25) is 0 Å². The van der Waals surface area contributed by atoms with E-state index in [0.717, 1.165) is 22.6 Å². The van der Waals surface area contributed by atoms with Gasteiger partial charge in [-0.05, 0) is 30.5 Å².